The maximum absolute atomic E-state index is 3.79. The molecule has 1 aromatic carbocycles. The van der Waals surface area contributed by atoms with E-state index in [4.69, 9.17) is 0 Å². The molecule has 0 bridgehead atoms. The number of rotatable bonds is 4. The van der Waals surface area contributed by atoms with Crippen molar-refractivity contribution >= 4 is 0 Å². The zero-order valence-corrected chi connectivity index (χ0v) is 11.5. The highest BCUT2D eigenvalue weighted by Crippen LogP contribution is 2.30. The van der Waals surface area contributed by atoms with Gasteiger partial charge in [0.05, 0.1) is 0 Å². The summed E-state index contributed by atoms with van der Waals surface area (Å²) in [4.78, 5) is 2.67. The summed E-state index contributed by atoms with van der Waals surface area (Å²) in [5.74, 6) is 0. The van der Waals surface area contributed by atoms with Crippen LogP contribution in [0.1, 0.15) is 43.4 Å². The highest BCUT2D eigenvalue weighted by molar-refractivity contribution is 5.23. The average molecular weight is 244 g/mol. The van der Waals surface area contributed by atoms with E-state index in [9.17, 15) is 0 Å². The topological polar surface area (TPSA) is 15.3 Å². The van der Waals surface area contributed by atoms with Gasteiger partial charge in [0, 0.05) is 31.2 Å². The molecule has 1 saturated carbocycles. The molecule has 1 heterocycles. The Balaban J connectivity index is 1.54. The smallest absolute Gasteiger partial charge is 0.0294 e. The molecule has 1 unspecified atom stereocenters. The van der Waals surface area contributed by atoms with Crippen LogP contribution in [0.3, 0.4) is 0 Å². The average Bonchev–Trinajstić information content (AvgIpc) is 3.11. The maximum Gasteiger partial charge on any atom is 0.0294 e. The number of hydrogen-bond acceptors (Lipinski definition) is 2. The predicted molar refractivity (Wildman–Crippen MR) is 75.7 cm³/mol. The van der Waals surface area contributed by atoms with E-state index in [0.717, 1.165) is 6.04 Å². The molecule has 0 radical (unpaired) electrons. The molecule has 18 heavy (non-hydrogen) atoms. The second-order valence-corrected chi connectivity index (χ2v) is 6.01. The maximum atomic E-state index is 3.79. The fourth-order valence-corrected chi connectivity index (χ4v) is 3.00. The fraction of sp³-hybridized carbons (Fsp3) is 0.625. The van der Waals surface area contributed by atoms with E-state index in [1.807, 2.05) is 0 Å². The summed E-state index contributed by atoms with van der Waals surface area (Å²) < 4.78 is 0. The zero-order valence-electron chi connectivity index (χ0n) is 11.5. The van der Waals surface area contributed by atoms with E-state index in [0.29, 0.717) is 12.1 Å². The molecule has 1 N–H and O–H groups in total. The van der Waals surface area contributed by atoms with Gasteiger partial charge in [-0.1, -0.05) is 29.8 Å². The van der Waals surface area contributed by atoms with Gasteiger partial charge in [-0.05, 0) is 38.7 Å². The predicted octanol–water partition coefficient (Wildman–Crippen LogP) is 2.88. The van der Waals surface area contributed by atoms with Gasteiger partial charge in [-0.25, -0.2) is 0 Å². The van der Waals surface area contributed by atoms with Crippen molar-refractivity contribution in [2.75, 3.05) is 13.1 Å². The van der Waals surface area contributed by atoms with Crippen LogP contribution in [0.25, 0.3) is 0 Å². The van der Waals surface area contributed by atoms with E-state index in [1.165, 1.54) is 43.5 Å². The van der Waals surface area contributed by atoms with Crippen molar-refractivity contribution in [3.8, 4) is 0 Å². The van der Waals surface area contributed by atoms with Gasteiger partial charge in [-0.2, -0.15) is 0 Å². The summed E-state index contributed by atoms with van der Waals surface area (Å²) in [6.07, 6.45) is 4.17. The molecule has 2 heteroatoms. The van der Waals surface area contributed by atoms with Gasteiger partial charge in [-0.3, -0.25) is 4.90 Å². The zero-order chi connectivity index (χ0) is 12.5. The van der Waals surface area contributed by atoms with Crippen LogP contribution in [0.2, 0.25) is 0 Å². The van der Waals surface area contributed by atoms with Crippen LogP contribution in [0, 0.1) is 6.92 Å². The molecule has 2 aliphatic rings. The van der Waals surface area contributed by atoms with Crippen LogP contribution in [0.15, 0.2) is 24.3 Å². The molecule has 98 valence electrons. The van der Waals surface area contributed by atoms with Crippen LogP contribution in [0.5, 0.6) is 0 Å². The highest BCUT2D eigenvalue weighted by Gasteiger charge is 2.34. The lowest BCUT2D eigenvalue weighted by Crippen LogP contribution is -2.34. The van der Waals surface area contributed by atoms with Crippen molar-refractivity contribution < 1.29 is 0 Å². The second-order valence-electron chi connectivity index (χ2n) is 6.01. The van der Waals surface area contributed by atoms with E-state index in [2.05, 4.69) is 48.3 Å². The van der Waals surface area contributed by atoms with Gasteiger partial charge >= 0.3 is 0 Å². The molecule has 0 amide bonds. The molecular formula is C16H24N2. The SMILES string of the molecule is Cc1ccc([C@@H](C)NC2CCN(C3CC3)C2)cc1. The van der Waals surface area contributed by atoms with Gasteiger partial charge in [0.25, 0.3) is 0 Å². The number of hydrogen-bond donors (Lipinski definition) is 1. The van der Waals surface area contributed by atoms with Crippen molar-refractivity contribution in [1.29, 1.82) is 0 Å². The Bertz CT molecular complexity index is 394. The number of nitrogens with one attached hydrogen (secondary N) is 1. The molecule has 2 atom stereocenters. The lowest BCUT2D eigenvalue weighted by molar-refractivity contribution is 0.313. The molecule has 1 saturated heterocycles. The lowest BCUT2D eigenvalue weighted by Gasteiger charge is -2.21. The molecule has 3 rings (SSSR count). The molecule has 0 aromatic heterocycles. The van der Waals surface area contributed by atoms with Gasteiger partial charge in [0.2, 0.25) is 0 Å². The first-order valence-electron chi connectivity index (χ1n) is 7.29. The highest BCUT2D eigenvalue weighted by atomic mass is 15.2. The van der Waals surface area contributed by atoms with Crippen LogP contribution >= 0.6 is 0 Å². The molecule has 1 aromatic rings. The Labute approximate surface area is 110 Å². The Kier molecular flexibility index (Phi) is 3.40. The molecule has 0 spiro atoms. The Morgan fingerprint density at radius 1 is 1.17 bits per heavy atom. The Hall–Kier alpha value is -0.860. The number of nitrogens with zero attached hydrogens (tertiary/aromatic N) is 1. The van der Waals surface area contributed by atoms with Gasteiger partial charge in [-0.15, -0.1) is 0 Å². The van der Waals surface area contributed by atoms with Gasteiger partial charge in [0.1, 0.15) is 0 Å². The van der Waals surface area contributed by atoms with Crippen molar-refractivity contribution in [3.63, 3.8) is 0 Å². The summed E-state index contributed by atoms with van der Waals surface area (Å²) in [7, 11) is 0. The number of aryl methyl sites for hydroxylation is 1. The molecule has 1 aliphatic heterocycles. The summed E-state index contributed by atoms with van der Waals surface area (Å²) in [5.41, 5.74) is 2.75. The number of benzene rings is 1. The third-order valence-electron chi connectivity index (χ3n) is 4.35. The first-order chi connectivity index (χ1) is 8.72. The first kappa shape index (κ1) is 12.2. The lowest BCUT2D eigenvalue weighted by atomic mass is 10.1. The largest absolute Gasteiger partial charge is 0.306 e. The summed E-state index contributed by atoms with van der Waals surface area (Å²) >= 11 is 0. The third kappa shape index (κ3) is 2.76. The second kappa shape index (κ2) is 5.02. The molecule has 2 nitrogen and oxygen atoms in total. The van der Waals surface area contributed by atoms with Crippen molar-refractivity contribution in [2.45, 2.75) is 51.2 Å². The minimum Gasteiger partial charge on any atom is -0.306 e. The monoisotopic (exact) mass is 244 g/mol. The summed E-state index contributed by atoms with van der Waals surface area (Å²) in [6, 6.07) is 11.0. The Morgan fingerprint density at radius 3 is 2.56 bits per heavy atom. The van der Waals surface area contributed by atoms with Crippen LogP contribution in [-0.4, -0.2) is 30.1 Å². The summed E-state index contributed by atoms with van der Waals surface area (Å²) in [5, 5.41) is 3.79. The van der Waals surface area contributed by atoms with Crippen molar-refractivity contribution in [1.82, 2.24) is 10.2 Å². The standard InChI is InChI=1S/C16H24N2/c1-12-3-5-14(6-4-12)13(2)17-15-9-10-18(11-15)16-7-8-16/h3-6,13,15-17H,7-11H2,1-2H3/t13-,15?/m1/s1. The van der Waals surface area contributed by atoms with Crippen LogP contribution in [0.4, 0.5) is 0 Å². The fourth-order valence-electron chi connectivity index (χ4n) is 3.00. The van der Waals surface area contributed by atoms with Crippen LogP contribution in [-0.2, 0) is 0 Å². The molecule has 2 fully saturated rings. The van der Waals surface area contributed by atoms with E-state index >= 15 is 0 Å². The quantitative estimate of drug-likeness (QED) is 0.876. The van der Waals surface area contributed by atoms with E-state index in [1.54, 1.807) is 0 Å². The van der Waals surface area contributed by atoms with E-state index in [-0.39, 0.29) is 0 Å². The van der Waals surface area contributed by atoms with Gasteiger partial charge < -0.3 is 5.32 Å². The van der Waals surface area contributed by atoms with E-state index < -0.39 is 0 Å². The third-order valence-corrected chi connectivity index (χ3v) is 4.35. The number of likely N-dealkylation sites (tertiary alicyclic amines) is 1. The molecular weight excluding hydrogens is 220 g/mol. The normalized spacial score (nSPS) is 26.4. The van der Waals surface area contributed by atoms with Gasteiger partial charge in [0.15, 0.2) is 0 Å². The first-order valence-corrected chi connectivity index (χ1v) is 7.29. The summed E-state index contributed by atoms with van der Waals surface area (Å²) in [6.45, 7) is 6.97. The minimum absolute atomic E-state index is 0.467. The molecule has 1 aliphatic carbocycles. The Morgan fingerprint density at radius 2 is 1.89 bits per heavy atom. The van der Waals surface area contributed by atoms with Crippen molar-refractivity contribution in [3.05, 3.63) is 35.4 Å². The van der Waals surface area contributed by atoms with Crippen molar-refractivity contribution in [2.24, 2.45) is 0 Å². The minimum atomic E-state index is 0.467. The van der Waals surface area contributed by atoms with Crippen LogP contribution < -0.4 is 5.32 Å².